The SMILES string of the molecule is ClC[C@H]1CO[C@@H]([C@@H]2C[C@H]3C=C[C@@H]2C3)O1. The molecule has 0 aromatic carbocycles. The zero-order valence-corrected chi connectivity index (χ0v) is 8.82. The fourth-order valence-electron chi connectivity index (χ4n) is 2.91. The van der Waals surface area contributed by atoms with E-state index in [1.54, 1.807) is 0 Å². The lowest BCUT2D eigenvalue weighted by molar-refractivity contribution is -0.1000. The average molecular weight is 215 g/mol. The van der Waals surface area contributed by atoms with E-state index in [4.69, 9.17) is 21.1 Å². The Hall–Kier alpha value is -0.0500. The Bertz CT molecular complexity index is 254. The molecule has 1 saturated carbocycles. The molecule has 1 saturated heterocycles. The van der Waals surface area contributed by atoms with Gasteiger partial charge in [0.15, 0.2) is 6.29 Å². The number of ether oxygens (including phenoxy) is 2. The molecule has 0 spiro atoms. The van der Waals surface area contributed by atoms with Crippen LogP contribution in [0.2, 0.25) is 0 Å². The molecule has 0 unspecified atom stereocenters. The minimum absolute atomic E-state index is 0.0127. The number of hydrogen-bond acceptors (Lipinski definition) is 2. The van der Waals surface area contributed by atoms with E-state index < -0.39 is 0 Å². The van der Waals surface area contributed by atoms with Crippen molar-refractivity contribution in [2.24, 2.45) is 17.8 Å². The number of alkyl halides is 1. The maximum atomic E-state index is 5.76. The topological polar surface area (TPSA) is 18.5 Å². The van der Waals surface area contributed by atoms with Crippen LogP contribution in [0.1, 0.15) is 12.8 Å². The minimum Gasteiger partial charge on any atom is -0.350 e. The molecule has 0 aromatic heterocycles. The molecule has 3 aliphatic rings. The van der Waals surface area contributed by atoms with Gasteiger partial charge in [0.25, 0.3) is 0 Å². The van der Waals surface area contributed by atoms with E-state index >= 15 is 0 Å². The van der Waals surface area contributed by atoms with E-state index in [1.807, 2.05) is 0 Å². The summed E-state index contributed by atoms with van der Waals surface area (Å²) >= 11 is 5.74. The van der Waals surface area contributed by atoms with Crippen LogP contribution in [0.5, 0.6) is 0 Å². The molecule has 5 atom stereocenters. The Morgan fingerprint density at radius 1 is 1.29 bits per heavy atom. The third-order valence-electron chi connectivity index (χ3n) is 3.62. The van der Waals surface area contributed by atoms with Crippen molar-refractivity contribution in [3.05, 3.63) is 12.2 Å². The Balaban J connectivity index is 1.65. The molecule has 78 valence electrons. The van der Waals surface area contributed by atoms with Gasteiger partial charge in [-0.15, -0.1) is 11.6 Å². The molecule has 1 aliphatic heterocycles. The van der Waals surface area contributed by atoms with E-state index in [0.717, 1.165) is 5.92 Å². The number of halogens is 1. The van der Waals surface area contributed by atoms with Crippen molar-refractivity contribution in [3.63, 3.8) is 0 Å². The third kappa shape index (κ3) is 1.40. The van der Waals surface area contributed by atoms with Crippen LogP contribution < -0.4 is 0 Å². The van der Waals surface area contributed by atoms with Crippen molar-refractivity contribution in [2.45, 2.75) is 25.2 Å². The molecule has 14 heavy (non-hydrogen) atoms. The first-order valence-corrected chi connectivity index (χ1v) is 5.91. The lowest BCUT2D eigenvalue weighted by atomic mass is 9.93. The molecule has 0 amide bonds. The van der Waals surface area contributed by atoms with Crippen LogP contribution in [0.4, 0.5) is 0 Å². The lowest BCUT2D eigenvalue weighted by Crippen LogP contribution is -2.26. The van der Waals surface area contributed by atoms with E-state index in [0.29, 0.717) is 24.3 Å². The smallest absolute Gasteiger partial charge is 0.161 e. The summed E-state index contributed by atoms with van der Waals surface area (Å²) in [6.07, 6.45) is 7.35. The summed E-state index contributed by atoms with van der Waals surface area (Å²) in [6.45, 7) is 0.672. The van der Waals surface area contributed by atoms with Crippen LogP contribution in [0.3, 0.4) is 0 Å². The largest absolute Gasteiger partial charge is 0.350 e. The van der Waals surface area contributed by atoms with E-state index in [9.17, 15) is 0 Å². The second-order valence-electron chi connectivity index (χ2n) is 4.56. The monoisotopic (exact) mass is 214 g/mol. The zero-order chi connectivity index (χ0) is 9.54. The van der Waals surface area contributed by atoms with Gasteiger partial charge in [0, 0.05) is 5.92 Å². The first kappa shape index (κ1) is 9.20. The molecule has 2 aliphatic carbocycles. The summed E-state index contributed by atoms with van der Waals surface area (Å²) in [6, 6.07) is 0. The van der Waals surface area contributed by atoms with Crippen molar-refractivity contribution >= 4 is 11.6 Å². The Morgan fingerprint density at radius 3 is 2.79 bits per heavy atom. The summed E-state index contributed by atoms with van der Waals surface area (Å²) in [5, 5.41) is 0. The first-order chi connectivity index (χ1) is 6.86. The highest BCUT2D eigenvalue weighted by atomic mass is 35.5. The molecule has 1 heterocycles. The zero-order valence-electron chi connectivity index (χ0n) is 8.06. The van der Waals surface area contributed by atoms with Gasteiger partial charge in [0.2, 0.25) is 0 Å². The Kier molecular flexibility index (Phi) is 2.31. The second kappa shape index (κ2) is 3.51. The fraction of sp³-hybridized carbons (Fsp3) is 0.818. The van der Waals surface area contributed by atoms with Crippen LogP contribution in [0.25, 0.3) is 0 Å². The molecular formula is C11H15ClO2. The Morgan fingerprint density at radius 2 is 2.21 bits per heavy atom. The minimum atomic E-state index is 0.0127. The van der Waals surface area contributed by atoms with Crippen molar-refractivity contribution in [1.29, 1.82) is 0 Å². The van der Waals surface area contributed by atoms with Gasteiger partial charge < -0.3 is 9.47 Å². The number of hydrogen-bond donors (Lipinski definition) is 0. The van der Waals surface area contributed by atoms with Gasteiger partial charge in [-0.2, -0.15) is 0 Å². The highest BCUT2D eigenvalue weighted by molar-refractivity contribution is 6.18. The Labute approximate surface area is 89.2 Å². The molecule has 0 radical (unpaired) electrons. The van der Waals surface area contributed by atoms with Gasteiger partial charge in [0.05, 0.1) is 18.6 Å². The van der Waals surface area contributed by atoms with Gasteiger partial charge in [0.1, 0.15) is 0 Å². The molecule has 2 fully saturated rings. The first-order valence-electron chi connectivity index (χ1n) is 5.38. The predicted molar refractivity (Wildman–Crippen MR) is 54.2 cm³/mol. The normalized spacial score (nSPS) is 50.5. The summed E-state index contributed by atoms with van der Waals surface area (Å²) in [7, 11) is 0. The average Bonchev–Trinajstić information content (AvgIpc) is 2.93. The van der Waals surface area contributed by atoms with Crippen molar-refractivity contribution in [1.82, 2.24) is 0 Å². The van der Waals surface area contributed by atoms with Gasteiger partial charge in [-0.05, 0) is 24.7 Å². The van der Waals surface area contributed by atoms with Gasteiger partial charge in [-0.3, -0.25) is 0 Å². The molecule has 0 aromatic rings. The number of rotatable bonds is 2. The van der Waals surface area contributed by atoms with Crippen LogP contribution >= 0.6 is 11.6 Å². The molecule has 0 N–H and O–H groups in total. The van der Waals surface area contributed by atoms with Crippen LogP contribution in [-0.4, -0.2) is 24.9 Å². The van der Waals surface area contributed by atoms with Crippen LogP contribution in [-0.2, 0) is 9.47 Å². The standard InChI is InChI=1S/C11H15ClO2/c12-5-9-6-13-11(14-9)10-4-7-1-2-8(10)3-7/h1-2,7-11H,3-6H2/t7-,8+,9-,10+,11+/m0/s1. The summed E-state index contributed by atoms with van der Waals surface area (Å²) in [5.74, 6) is 2.61. The molecular weight excluding hydrogens is 200 g/mol. The van der Waals surface area contributed by atoms with E-state index in [-0.39, 0.29) is 12.4 Å². The van der Waals surface area contributed by atoms with Gasteiger partial charge in [-0.25, -0.2) is 0 Å². The maximum Gasteiger partial charge on any atom is 0.161 e. The molecule has 3 rings (SSSR count). The van der Waals surface area contributed by atoms with E-state index in [1.165, 1.54) is 12.8 Å². The highest BCUT2D eigenvalue weighted by Gasteiger charge is 2.43. The maximum absolute atomic E-state index is 5.76. The van der Waals surface area contributed by atoms with Crippen LogP contribution in [0.15, 0.2) is 12.2 Å². The molecule has 3 heteroatoms. The van der Waals surface area contributed by atoms with E-state index in [2.05, 4.69) is 12.2 Å². The lowest BCUT2D eigenvalue weighted by Gasteiger charge is -2.23. The number of fused-ring (bicyclic) bond motifs is 2. The van der Waals surface area contributed by atoms with Crippen LogP contribution in [0, 0.1) is 17.8 Å². The van der Waals surface area contributed by atoms with Gasteiger partial charge >= 0.3 is 0 Å². The predicted octanol–water partition coefficient (Wildman–Crippen LogP) is 2.18. The quantitative estimate of drug-likeness (QED) is 0.518. The van der Waals surface area contributed by atoms with Crippen molar-refractivity contribution < 1.29 is 9.47 Å². The second-order valence-corrected chi connectivity index (χ2v) is 4.87. The molecule has 2 bridgehead atoms. The summed E-state index contributed by atoms with van der Waals surface area (Å²) in [5.41, 5.74) is 0. The summed E-state index contributed by atoms with van der Waals surface area (Å²) in [4.78, 5) is 0. The number of allylic oxidation sites excluding steroid dienone is 2. The van der Waals surface area contributed by atoms with Gasteiger partial charge in [-0.1, -0.05) is 12.2 Å². The fourth-order valence-corrected chi connectivity index (χ4v) is 3.07. The van der Waals surface area contributed by atoms with Crippen molar-refractivity contribution in [3.8, 4) is 0 Å². The van der Waals surface area contributed by atoms with Crippen molar-refractivity contribution in [2.75, 3.05) is 12.5 Å². The highest BCUT2D eigenvalue weighted by Crippen LogP contribution is 2.46. The third-order valence-corrected chi connectivity index (χ3v) is 3.97. The summed E-state index contributed by atoms with van der Waals surface area (Å²) < 4.78 is 11.4. The molecule has 2 nitrogen and oxygen atoms in total.